The average molecular weight is 388 g/mol. The van der Waals surface area contributed by atoms with Crippen LogP contribution in [0.3, 0.4) is 0 Å². The van der Waals surface area contributed by atoms with Gasteiger partial charge in [0.15, 0.2) is 5.78 Å². The van der Waals surface area contributed by atoms with Gasteiger partial charge in [0.25, 0.3) is 0 Å². The number of hydrogen-bond donors (Lipinski definition) is 3. The minimum Gasteiger partial charge on any atom is -0.358 e. The summed E-state index contributed by atoms with van der Waals surface area (Å²) in [5.41, 5.74) is 6.32. The number of benzene rings is 2. The molecule has 0 bridgehead atoms. The molecule has 0 aliphatic heterocycles. The number of nitrogens with one attached hydrogen (secondary N) is 3. The van der Waals surface area contributed by atoms with Crippen molar-refractivity contribution < 1.29 is 4.79 Å². The highest BCUT2D eigenvalue weighted by Crippen LogP contribution is 2.33. The molecule has 2 heterocycles. The van der Waals surface area contributed by atoms with Crippen LogP contribution in [0.2, 0.25) is 0 Å². The van der Waals surface area contributed by atoms with E-state index < -0.39 is 5.92 Å². The van der Waals surface area contributed by atoms with E-state index in [-0.39, 0.29) is 11.6 Å². The van der Waals surface area contributed by atoms with Crippen LogP contribution < -0.4 is 5.32 Å². The first-order valence-electron chi connectivity index (χ1n) is 8.95. The number of rotatable bonds is 3. The minimum absolute atomic E-state index is 0.0533. The van der Waals surface area contributed by atoms with Gasteiger partial charge in [-0.2, -0.15) is 0 Å². The molecule has 0 spiro atoms. The van der Waals surface area contributed by atoms with Crippen molar-refractivity contribution in [2.45, 2.75) is 12.8 Å². The topological polar surface area (TPSA) is 99.5 Å². The number of hydrogen-bond acceptors (Lipinski definition) is 5. The number of nitrogens with zero attached hydrogens (tertiary/aromatic N) is 3. The van der Waals surface area contributed by atoms with Crippen molar-refractivity contribution >= 4 is 51.3 Å². The third kappa shape index (κ3) is 2.45. The van der Waals surface area contributed by atoms with E-state index in [9.17, 15) is 4.79 Å². The van der Waals surface area contributed by atoms with E-state index in [4.69, 9.17) is 17.6 Å². The maximum Gasteiger partial charge on any atom is 0.175 e. The number of aromatic nitrogens is 4. The molecule has 0 saturated carbocycles. The molecule has 138 valence electrons. The Hall–Kier alpha value is -3.39. The molecule has 1 atom stereocenters. The zero-order valence-corrected chi connectivity index (χ0v) is 15.6. The van der Waals surface area contributed by atoms with Crippen LogP contribution in [0.25, 0.3) is 27.6 Å². The van der Waals surface area contributed by atoms with Crippen LogP contribution >= 0.6 is 12.2 Å². The quantitative estimate of drug-likeness (QED) is 0.284. The molecular weight excluding hydrogens is 372 g/mol. The van der Waals surface area contributed by atoms with Crippen molar-refractivity contribution in [2.75, 3.05) is 0 Å². The number of ketones is 1. The molecule has 2 aromatic heterocycles. The predicted octanol–water partition coefficient (Wildman–Crippen LogP) is 3.17. The highest BCUT2D eigenvalue weighted by Gasteiger charge is 2.33. The van der Waals surface area contributed by atoms with Gasteiger partial charge in [-0.3, -0.25) is 10.2 Å². The Morgan fingerprint density at radius 1 is 1.32 bits per heavy atom. The Labute approximate surface area is 165 Å². The second-order valence-corrected chi connectivity index (χ2v) is 7.07. The molecule has 3 N–H and O–H groups in total. The summed E-state index contributed by atoms with van der Waals surface area (Å²) in [5.74, 6) is -0.401. The highest BCUT2D eigenvalue weighted by molar-refractivity contribution is 7.78. The highest BCUT2D eigenvalue weighted by atomic mass is 32.1. The minimum atomic E-state index is -0.499. The lowest BCUT2D eigenvalue weighted by Crippen LogP contribution is -2.36. The summed E-state index contributed by atoms with van der Waals surface area (Å²) in [5, 5.41) is 20.1. The summed E-state index contributed by atoms with van der Waals surface area (Å²) < 4.78 is 1.77. The summed E-state index contributed by atoms with van der Waals surface area (Å²) in [6.45, 7) is 0. The summed E-state index contributed by atoms with van der Waals surface area (Å²) in [4.78, 5) is 16.5. The molecule has 1 unspecified atom stereocenters. The predicted molar refractivity (Wildman–Crippen MR) is 111 cm³/mol. The molecule has 0 saturated heterocycles. The molecule has 5 rings (SSSR count). The second kappa shape index (κ2) is 6.35. The number of carbonyl (C=O) groups excluding carboxylic acids is 1. The number of amidine groups is 1. The first kappa shape index (κ1) is 16.8. The van der Waals surface area contributed by atoms with Gasteiger partial charge < -0.3 is 10.3 Å². The molecular formula is C20H16N6OS. The van der Waals surface area contributed by atoms with Gasteiger partial charge in [-0.25, -0.2) is 4.68 Å². The van der Waals surface area contributed by atoms with Gasteiger partial charge in [0.1, 0.15) is 11.4 Å². The Kier molecular flexibility index (Phi) is 3.80. The first-order valence-corrected chi connectivity index (χ1v) is 9.43. The summed E-state index contributed by atoms with van der Waals surface area (Å²) >= 11 is 4.77. The standard InChI is InChI=1S/C20H16N6OS/c21-20(22-10-28)12-6-8-16-18(19(12)27)13-9-11(5-7-14(13)23-16)26-17-4-2-1-3-15(17)24-25-26/h1-5,7,9-10,12,23H,6,8H2,(H2,21,22,28). The Morgan fingerprint density at radius 3 is 3.04 bits per heavy atom. The number of Topliss-reactive ketones (excluding diaryl/α,β-unsaturated/α-hetero) is 1. The van der Waals surface area contributed by atoms with E-state index in [2.05, 4.69) is 20.6 Å². The van der Waals surface area contributed by atoms with E-state index in [1.54, 1.807) is 4.68 Å². The van der Waals surface area contributed by atoms with Gasteiger partial charge in [0.05, 0.1) is 22.6 Å². The van der Waals surface area contributed by atoms with Crippen LogP contribution in [-0.4, -0.2) is 37.1 Å². The maximum atomic E-state index is 13.1. The number of carbonyl (C=O) groups is 1. The van der Waals surface area contributed by atoms with Crippen molar-refractivity contribution in [3.8, 4) is 5.69 Å². The SMILES string of the molecule is N=C(NC=S)C1CCc2[nH]c3ccc(-n4nnc5ccccc54)cc3c2C1=O. The number of para-hydroxylation sites is 1. The summed E-state index contributed by atoms with van der Waals surface area (Å²) in [6.07, 6.45) is 1.30. The molecule has 1 aliphatic carbocycles. The smallest absolute Gasteiger partial charge is 0.175 e. The van der Waals surface area contributed by atoms with E-state index in [1.165, 1.54) is 5.49 Å². The lowest BCUT2D eigenvalue weighted by Gasteiger charge is -2.21. The van der Waals surface area contributed by atoms with E-state index in [1.807, 2.05) is 42.5 Å². The number of thiocarbonyl (C=S) groups is 1. The van der Waals surface area contributed by atoms with Gasteiger partial charge in [0.2, 0.25) is 0 Å². The number of aromatic amines is 1. The molecule has 7 nitrogen and oxygen atoms in total. The largest absolute Gasteiger partial charge is 0.358 e. The number of H-pyrrole nitrogens is 1. The van der Waals surface area contributed by atoms with Crippen molar-refractivity contribution in [1.29, 1.82) is 5.41 Å². The fourth-order valence-electron chi connectivity index (χ4n) is 3.93. The van der Waals surface area contributed by atoms with Gasteiger partial charge >= 0.3 is 0 Å². The second-order valence-electron chi connectivity index (χ2n) is 6.83. The van der Waals surface area contributed by atoms with E-state index in [0.29, 0.717) is 18.4 Å². The Bertz CT molecular complexity index is 1270. The van der Waals surface area contributed by atoms with Gasteiger partial charge in [-0.1, -0.05) is 29.6 Å². The fourth-order valence-corrected chi connectivity index (χ4v) is 4.06. The van der Waals surface area contributed by atoms with E-state index >= 15 is 0 Å². The molecule has 0 radical (unpaired) electrons. The first-order chi connectivity index (χ1) is 13.7. The molecule has 0 fully saturated rings. The average Bonchev–Trinajstić information content (AvgIpc) is 3.29. The third-order valence-corrected chi connectivity index (χ3v) is 5.38. The van der Waals surface area contributed by atoms with Crippen LogP contribution in [0.1, 0.15) is 22.5 Å². The van der Waals surface area contributed by atoms with Crippen LogP contribution in [0.15, 0.2) is 42.5 Å². The van der Waals surface area contributed by atoms with E-state index in [0.717, 1.165) is 33.3 Å². The normalized spacial score (nSPS) is 16.3. The van der Waals surface area contributed by atoms with Crippen LogP contribution in [0.4, 0.5) is 0 Å². The van der Waals surface area contributed by atoms with Crippen LogP contribution in [0.5, 0.6) is 0 Å². The molecule has 4 aromatic rings. The number of fused-ring (bicyclic) bond motifs is 4. The van der Waals surface area contributed by atoms with Gasteiger partial charge in [-0.05, 0) is 43.2 Å². The zero-order valence-electron chi connectivity index (χ0n) is 14.8. The lowest BCUT2D eigenvalue weighted by atomic mass is 9.84. The fraction of sp³-hybridized carbons (Fsp3) is 0.150. The van der Waals surface area contributed by atoms with Crippen LogP contribution in [0, 0.1) is 11.3 Å². The van der Waals surface area contributed by atoms with Gasteiger partial charge in [-0.15, -0.1) is 5.10 Å². The lowest BCUT2D eigenvalue weighted by molar-refractivity contribution is 0.0941. The molecule has 2 aromatic carbocycles. The molecule has 1 aliphatic rings. The molecule has 28 heavy (non-hydrogen) atoms. The van der Waals surface area contributed by atoms with Crippen molar-refractivity contribution in [2.24, 2.45) is 5.92 Å². The van der Waals surface area contributed by atoms with Crippen molar-refractivity contribution in [1.82, 2.24) is 25.3 Å². The Morgan fingerprint density at radius 2 is 2.18 bits per heavy atom. The number of aryl methyl sites for hydroxylation is 1. The molecule has 8 heteroatoms. The monoisotopic (exact) mass is 388 g/mol. The zero-order chi connectivity index (χ0) is 19.3. The maximum absolute atomic E-state index is 13.1. The van der Waals surface area contributed by atoms with Crippen molar-refractivity contribution in [3.05, 3.63) is 53.7 Å². The van der Waals surface area contributed by atoms with Crippen LogP contribution in [-0.2, 0) is 6.42 Å². The molecule has 0 amide bonds. The third-order valence-electron chi connectivity index (χ3n) is 5.27. The Balaban J connectivity index is 1.64. The van der Waals surface area contributed by atoms with Crippen molar-refractivity contribution in [3.63, 3.8) is 0 Å². The summed E-state index contributed by atoms with van der Waals surface area (Å²) in [7, 11) is 0. The summed E-state index contributed by atoms with van der Waals surface area (Å²) in [6, 6.07) is 13.6. The van der Waals surface area contributed by atoms with Gasteiger partial charge in [0, 0.05) is 22.2 Å².